The highest BCUT2D eigenvalue weighted by Gasteiger charge is 2.20. The van der Waals surface area contributed by atoms with E-state index in [-0.39, 0.29) is 23.8 Å². The molecular formula is C21H24N4O3S2. The highest BCUT2D eigenvalue weighted by Crippen LogP contribution is 2.27. The maximum Gasteiger partial charge on any atom is 0.241 e. The largest absolute Gasteiger partial charge is 0.300 e. The Labute approximate surface area is 180 Å². The standard InChI is InChI=1S/C21H24N4O3S2/c1-13-6-5-7-17(12-13)20-24-25-21(29-20)23-18(26)8-9-22-30(27,28)19-15(3)10-14(2)11-16(19)4/h5-7,10-12,22H,8-9H2,1-4H3,(H,23,25,26). The Morgan fingerprint density at radius 1 is 1.00 bits per heavy atom. The summed E-state index contributed by atoms with van der Waals surface area (Å²) in [5.74, 6) is -0.331. The summed E-state index contributed by atoms with van der Waals surface area (Å²) in [6.45, 7) is 7.44. The van der Waals surface area contributed by atoms with E-state index in [0.29, 0.717) is 21.3 Å². The van der Waals surface area contributed by atoms with E-state index in [0.717, 1.165) is 16.7 Å². The fraction of sp³-hybridized carbons (Fsp3) is 0.286. The van der Waals surface area contributed by atoms with E-state index in [4.69, 9.17) is 0 Å². The Morgan fingerprint density at radius 3 is 2.37 bits per heavy atom. The molecule has 2 N–H and O–H groups in total. The number of hydrogen-bond acceptors (Lipinski definition) is 6. The van der Waals surface area contributed by atoms with Gasteiger partial charge >= 0.3 is 0 Å². The van der Waals surface area contributed by atoms with Crippen LogP contribution in [0.3, 0.4) is 0 Å². The van der Waals surface area contributed by atoms with Crippen molar-refractivity contribution in [3.63, 3.8) is 0 Å². The van der Waals surface area contributed by atoms with Crippen LogP contribution in [0.1, 0.15) is 28.7 Å². The zero-order chi connectivity index (χ0) is 21.9. The van der Waals surface area contributed by atoms with Crippen molar-refractivity contribution in [3.05, 3.63) is 58.7 Å². The Morgan fingerprint density at radius 2 is 1.70 bits per heavy atom. The second kappa shape index (κ2) is 9.03. The van der Waals surface area contributed by atoms with Gasteiger partial charge < -0.3 is 5.32 Å². The van der Waals surface area contributed by atoms with Crippen LogP contribution in [-0.4, -0.2) is 31.1 Å². The normalized spacial score (nSPS) is 11.5. The first kappa shape index (κ1) is 22.1. The number of benzene rings is 2. The molecule has 0 bridgehead atoms. The topological polar surface area (TPSA) is 101 Å². The number of rotatable bonds is 7. The maximum absolute atomic E-state index is 12.6. The predicted molar refractivity (Wildman–Crippen MR) is 119 cm³/mol. The summed E-state index contributed by atoms with van der Waals surface area (Å²) in [4.78, 5) is 12.5. The summed E-state index contributed by atoms with van der Waals surface area (Å²) < 4.78 is 27.8. The molecule has 0 saturated heterocycles. The molecule has 0 radical (unpaired) electrons. The molecule has 0 fully saturated rings. The summed E-state index contributed by atoms with van der Waals surface area (Å²) in [6.07, 6.45) is -0.0114. The van der Waals surface area contributed by atoms with Gasteiger partial charge in [0.2, 0.25) is 21.1 Å². The first-order valence-corrected chi connectivity index (χ1v) is 11.7. The highest BCUT2D eigenvalue weighted by molar-refractivity contribution is 7.89. The third kappa shape index (κ3) is 5.29. The molecule has 0 aliphatic heterocycles. The molecule has 3 aromatic rings. The monoisotopic (exact) mass is 444 g/mol. The molecule has 0 spiro atoms. The summed E-state index contributed by atoms with van der Waals surface area (Å²) in [7, 11) is -3.70. The lowest BCUT2D eigenvalue weighted by Crippen LogP contribution is -2.29. The number of nitrogens with zero attached hydrogens (tertiary/aromatic N) is 2. The minimum Gasteiger partial charge on any atom is -0.300 e. The molecule has 0 aliphatic carbocycles. The van der Waals surface area contributed by atoms with Crippen LogP contribution < -0.4 is 10.0 Å². The molecule has 1 aromatic heterocycles. The summed E-state index contributed by atoms with van der Waals surface area (Å²) >= 11 is 1.27. The molecule has 0 unspecified atom stereocenters. The second-order valence-electron chi connectivity index (χ2n) is 7.21. The van der Waals surface area contributed by atoms with Gasteiger partial charge in [-0.25, -0.2) is 13.1 Å². The molecule has 9 heteroatoms. The Hall–Kier alpha value is -2.62. The SMILES string of the molecule is Cc1cccc(-c2nnc(NC(=O)CCNS(=O)(=O)c3c(C)cc(C)cc3C)s2)c1. The Bertz CT molecular complexity index is 1160. The number of anilines is 1. The van der Waals surface area contributed by atoms with Crippen LogP contribution in [0.25, 0.3) is 10.6 Å². The van der Waals surface area contributed by atoms with Crippen molar-refractivity contribution in [3.8, 4) is 10.6 Å². The Kier molecular flexibility index (Phi) is 6.64. The van der Waals surface area contributed by atoms with Gasteiger partial charge in [-0.3, -0.25) is 4.79 Å². The van der Waals surface area contributed by atoms with Crippen molar-refractivity contribution in [2.45, 2.75) is 39.0 Å². The van der Waals surface area contributed by atoms with Gasteiger partial charge in [-0.2, -0.15) is 0 Å². The summed E-state index contributed by atoms with van der Waals surface area (Å²) in [6, 6.07) is 11.5. The van der Waals surface area contributed by atoms with Crippen LogP contribution >= 0.6 is 11.3 Å². The Balaban J connectivity index is 1.58. The van der Waals surface area contributed by atoms with Crippen molar-refractivity contribution >= 4 is 32.4 Å². The van der Waals surface area contributed by atoms with Gasteiger partial charge in [0.25, 0.3) is 0 Å². The number of amides is 1. The van der Waals surface area contributed by atoms with Gasteiger partial charge in [0, 0.05) is 18.5 Å². The van der Waals surface area contributed by atoms with E-state index in [9.17, 15) is 13.2 Å². The molecule has 30 heavy (non-hydrogen) atoms. The fourth-order valence-electron chi connectivity index (χ4n) is 3.31. The number of hydrogen-bond donors (Lipinski definition) is 2. The van der Waals surface area contributed by atoms with E-state index < -0.39 is 10.0 Å². The maximum atomic E-state index is 12.6. The molecule has 158 valence electrons. The molecule has 2 aromatic carbocycles. The van der Waals surface area contributed by atoms with Crippen LogP contribution in [0.4, 0.5) is 5.13 Å². The predicted octanol–water partition coefficient (Wildman–Crippen LogP) is 3.75. The summed E-state index contributed by atoms with van der Waals surface area (Å²) in [5.41, 5.74) is 4.42. The van der Waals surface area contributed by atoms with Crippen LogP contribution in [0.15, 0.2) is 41.3 Å². The van der Waals surface area contributed by atoms with E-state index >= 15 is 0 Å². The van der Waals surface area contributed by atoms with Crippen molar-refractivity contribution in [2.24, 2.45) is 0 Å². The molecule has 3 rings (SSSR count). The average Bonchev–Trinajstić information content (AvgIpc) is 3.08. The van der Waals surface area contributed by atoms with E-state index in [1.165, 1.54) is 11.3 Å². The first-order chi connectivity index (χ1) is 14.2. The van der Waals surface area contributed by atoms with Crippen molar-refractivity contribution in [1.82, 2.24) is 14.9 Å². The zero-order valence-corrected chi connectivity index (χ0v) is 18.9. The number of carbonyl (C=O) groups is 1. The number of aryl methyl sites for hydroxylation is 4. The fourth-order valence-corrected chi connectivity index (χ4v) is 5.55. The summed E-state index contributed by atoms with van der Waals surface area (Å²) in [5, 5.41) is 11.9. The van der Waals surface area contributed by atoms with Crippen molar-refractivity contribution < 1.29 is 13.2 Å². The van der Waals surface area contributed by atoms with Gasteiger partial charge in [-0.1, -0.05) is 52.8 Å². The van der Waals surface area contributed by atoms with Crippen LogP contribution in [-0.2, 0) is 14.8 Å². The van der Waals surface area contributed by atoms with E-state index in [2.05, 4.69) is 20.2 Å². The van der Waals surface area contributed by atoms with Gasteiger partial charge in [0.15, 0.2) is 0 Å². The molecule has 7 nitrogen and oxygen atoms in total. The zero-order valence-electron chi connectivity index (χ0n) is 17.3. The lowest BCUT2D eigenvalue weighted by Gasteiger charge is -2.13. The molecule has 1 amide bonds. The van der Waals surface area contributed by atoms with Gasteiger partial charge in [0.05, 0.1) is 4.90 Å². The smallest absolute Gasteiger partial charge is 0.241 e. The second-order valence-corrected chi connectivity index (χ2v) is 9.89. The third-order valence-electron chi connectivity index (χ3n) is 4.45. The lowest BCUT2D eigenvalue weighted by molar-refractivity contribution is -0.116. The lowest BCUT2D eigenvalue weighted by atomic mass is 10.1. The van der Waals surface area contributed by atoms with Crippen molar-refractivity contribution in [1.29, 1.82) is 0 Å². The third-order valence-corrected chi connectivity index (χ3v) is 7.11. The van der Waals surface area contributed by atoms with Crippen LogP contribution in [0.5, 0.6) is 0 Å². The number of carbonyl (C=O) groups excluding carboxylic acids is 1. The number of aromatic nitrogens is 2. The van der Waals surface area contributed by atoms with Gasteiger partial charge in [-0.05, 0) is 44.9 Å². The van der Waals surface area contributed by atoms with Crippen LogP contribution in [0.2, 0.25) is 0 Å². The van der Waals surface area contributed by atoms with E-state index in [1.807, 2.05) is 50.2 Å². The van der Waals surface area contributed by atoms with E-state index in [1.54, 1.807) is 13.8 Å². The highest BCUT2D eigenvalue weighted by atomic mass is 32.2. The minimum absolute atomic E-state index is 0.00946. The number of sulfonamides is 1. The first-order valence-electron chi connectivity index (χ1n) is 9.43. The molecular weight excluding hydrogens is 420 g/mol. The number of nitrogens with one attached hydrogen (secondary N) is 2. The van der Waals surface area contributed by atoms with Gasteiger partial charge in [-0.15, -0.1) is 10.2 Å². The molecule has 0 aliphatic rings. The molecule has 0 atom stereocenters. The average molecular weight is 445 g/mol. The molecule has 1 heterocycles. The van der Waals surface area contributed by atoms with Crippen LogP contribution in [0, 0.1) is 27.7 Å². The van der Waals surface area contributed by atoms with Crippen molar-refractivity contribution in [2.75, 3.05) is 11.9 Å². The quantitative estimate of drug-likeness (QED) is 0.578. The minimum atomic E-state index is -3.70. The van der Waals surface area contributed by atoms with Gasteiger partial charge in [0.1, 0.15) is 5.01 Å². The molecule has 0 saturated carbocycles.